The minimum Gasteiger partial charge on any atom is -0.506 e. The first-order valence-electron chi connectivity index (χ1n) is 7.03. The molecule has 3 aromatic rings. The fourth-order valence-electron chi connectivity index (χ4n) is 2.22. The van der Waals surface area contributed by atoms with Gasteiger partial charge in [-0.3, -0.25) is 0 Å². The molecule has 0 aliphatic carbocycles. The molecule has 0 atom stereocenters. The fourth-order valence-corrected chi connectivity index (χ4v) is 2.22. The average molecular weight is 283 g/mol. The Balaban J connectivity index is 2.04. The minimum absolute atomic E-state index is 0.180. The highest BCUT2D eigenvalue weighted by molar-refractivity contribution is 5.75. The van der Waals surface area contributed by atoms with Crippen molar-refractivity contribution in [2.24, 2.45) is 0 Å². The van der Waals surface area contributed by atoms with Gasteiger partial charge in [-0.05, 0) is 43.2 Å². The number of benzene rings is 2. The summed E-state index contributed by atoms with van der Waals surface area (Å²) >= 11 is 0. The SMILES string of the molecule is CCOc1ccc2nn(-c3ccc(CC)cc3O)nc2c1. The third-order valence-corrected chi connectivity index (χ3v) is 3.33. The largest absolute Gasteiger partial charge is 0.506 e. The number of nitrogens with zero attached hydrogens (tertiary/aromatic N) is 3. The summed E-state index contributed by atoms with van der Waals surface area (Å²) in [4.78, 5) is 1.45. The van der Waals surface area contributed by atoms with Crippen LogP contribution in [-0.2, 0) is 6.42 Å². The van der Waals surface area contributed by atoms with E-state index in [0.29, 0.717) is 12.3 Å². The zero-order valence-corrected chi connectivity index (χ0v) is 12.1. The van der Waals surface area contributed by atoms with Crippen molar-refractivity contribution in [3.8, 4) is 17.2 Å². The maximum Gasteiger partial charge on any atom is 0.143 e. The predicted molar refractivity (Wildman–Crippen MR) is 81.1 cm³/mol. The number of hydrogen-bond acceptors (Lipinski definition) is 4. The second kappa shape index (κ2) is 5.44. The molecule has 0 saturated carbocycles. The van der Waals surface area contributed by atoms with Gasteiger partial charge in [0, 0.05) is 6.07 Å². The molecule has 0 aliphatic heterocycles. The van der Waals surface area contributed by atoms with Crippen molar-refractivity contribution in [2.45, 2.75) is 20.3 Å². The Hall–Kier alpha value is -2.56. The summed E-state index contributed by atoms with van der Waals surface area (Å²) in [5.41, 5.74) is 3.14. The van der Waals surface area contributed by atoms with Crippen LogP contribution in [0.5, 0.6) is 11.5 Å². The van der Waals surface area contributed by atoms with Crippen molar-refractivity contribution in [3.05, 3.63) is 42.0 Å². The molecule has 5 nitrogen and oxygen atoms in total. The van der Waals surface area contributed by atoms with Gasteiger partial charge in [0.05, 0.1) is 6.61 Å². The Morgan fingerprint density at radius 2 is 1.86 bits per heavy atom. The van der Waals surface area contributed by atoms with E-state index in [4.69, 9.17) is 4.74 Å². The molecule has 0 saturated heterocycles. The highest BCUT2D eigenvalue weighted by Gasteiger charge is 2.10. The molecule has 21 heavy (non-hydrogen) atoms. The van der Waals surface area contributed by atoms with Crippen molar-refractivity contribution >= 4 is 11.0 Å². The van der Waals surface area contributed by atoms with Gasteiger partial charge in [-0.25, -0.2) is 0 Å². The molecule has 0 unspecified atom stereocenters. The number of aromatic nitrogens is 3. The number of fused-ring (bicyclic) bond motifs is 1. The van der Waals surface area contributed by atoms with Crippen LogP contribution < -0.4 is 4.74 Å². The Morgan fingerprint density at radius 1 is 1.05 bits per heavy atom. The van der Waals surface area contributed by atoms with Gasteiger partial charge in [-0.2, -0.15) is 0 Å². The van der Waals surface area contributed by atoms with Crippen molar-refractivity contribution < 1.29 is 9.84 Å². The number of aromatic hydroxyl groups is 1. The second-order valence-electron chi connectivity index (χ2n) is 4.75. The molecular weight excluding hydrogens is 266 g/mol. The van der Waals surface area contributed by atoms with Crippen LogP contribution in [0.15, 0.2) is 36.4 Å². The minimum atomic E-state index is 0.180. The molecule has 2 aromatic carbocycles. The van der Waals surface area contributed by atoms with Crippen LogP contribution in [0.25, 0.3) is 16.7 Å². The standard InChI is InChI=1S/C16H17N3O2/c1-3-11-5-8-15(16(20)9-11)19-17-13-7-6-12(21-4-2)10-14(13)18-19/h5-10,20H,3-4H2,1-2H3. The van der Waals surface area contributed by atoms with E-state index in [9.17, 15) is 5.11 Å². The summed E-state index contributed by atoms with van der Waals surface area (Å²) < 4.78 is 5.46. The molecule has 1 N–H and O–H groups in total. The molecule has 3 rings (SSSR count). The summed E-state index contributed by atoms with van der Waals surface area (Å²) in [6.07, 6.45) is 0.875. The van der Waals surface area contributed by atoms with Crippen LogP contribution >= 0.6 is 0 Å². The van der Waals surface area contributed by atoms with E-state index < -0.39 is 0 Å². The lowest BCUT2D eigenvalue weighted by Gasteiger charge is -2.04. The Bertz CT molecular complexity index is 780. The first kappa shape index (κ1) is 13.4. The average Bonchev–Trinajstić information content (AvgIpc) is 2.90. The third kappa shape index (κ3) is 2.54. The molecule has 0 spiro atoms. The number of aryl methyl sites for hydroxylation is 1. The van der Waals surface area contributed by atoms with Crippen LogP contribution in [0.4, 0.5) is 0 Å². The van der Waals surface area contributed by atoms with E-state index >= 15 is 0 Å². The zero-order valence-electron chi connectivity index (χ0n) is 12.1. The molecule has 0 aliphatic rings. The second-order valence-corrected chi connectivity index (χ2v) is 4.75. The first-order valence-corrected chi connectivity index (χ1v) is 7.03. The lowest BCUT2D eigenvalue weighted by atomic mass is 10.1. The van der Waals surface area contributed by atoms with Gasteiger partial charge in [0.25, 0.3) is 0 Å². The molecule has 0 fully saturated rings. The first-order chi connectivity index (χ1) is 10.2. The molecule has 108 valence electrons. The number of hydrogen-bond donors (Lipinski definition) is 1. The quantitative estimate of drug-likeness (QED) is 0.799. The summed E-state index contributed by atoms with van der Waals surface area (Å²) in [5, 5.41) is 18.9. The van der Waals surface area contributed by atoms with E-state index in [1.54, 1.807) is 6.07 Å². The Labute approximate surface area is 122 Å². The number of rotatable bonds is 4. The van der Waals surface area contributed by atoms with Crippen LogP contribution in [0.3, 0.4) is 0 Å². The van der Waals surface area contributed by atoms with E-state index in [2.05, 4.69) is 10.2 Å². The smallest absolute Gasteiger partial charge is 0.143 e. The molecule has 0 radical (unpaired) electrons. The lowest BCUT2D eigenvalue weighted by Crippen LogP contribution is -1.99. The maximum absolute atomic E-state index is 10.1. The maximum atomic E-state index is 10.1. The monoisotopic (exact) mass is 283 g/mol. The van der Waals surface area contributed by atoms with Gasteiger partial charge in [0.2, 0.25) is 0 Å². The van der Waals surface area contributed by atoms with Crippen LogP contribution in [0.1, 0.15) is 19.4 Å². The Kier molecular flexibility index (Phi) is 3.48. The van der Waals surface area contributed by atoms with Gasteiger partial charge < -0.3 is 9.84 Å². The fraction of sp³-hybridized carbons (Fsp3) is 0.250. The highest BCUT2D eigenvalue weighted by Crippen LogP contribution is 2.24. The van der Waals surface area contributed by atoms with Gasteiger partial charge >= 0.3 is 0 Å². The van der Waals surface area contributed by atoms with Crippen LogP contribution in [0, 0.1) is 0 Å². The van der Waals surface area contributed by atoms with E-state index in [1.807, 2.05) is 44.2 Å². The van der Waals surface area contributed by atoms with Gasteiger partial charge in [0.15, 0.2) is 0 Å². The predicted octanol–water partition coefficient (Wildman–Crippen LogP) is 3.09. The molecule has 1 aromatic heterocycles. The number of phenolic OH excluding ortho intramolecular Hbond substituents is 1. The number of ether oxygens (including phenoxy) is 1. The topological polar surface area (TPSA) is 60.2 Å². The van der Waals surface area contributed by atoms with Crippen molar-refractivity contribution in [3.63, 3.8) is 0 Å². The van der Waals surface area contributed by atoms with E-state index in [-0.39, 0.29) is 5.75 Å². The van der Waals surface area contributed by atoms with Crippen LogP contribution in [-0.4, -0.2) is 26.7 Å². The van der Waals surface area contributed by atoms with E-state index in [1.165, 1.54) is 4.80 Å². The lowest BCUT2D eigenvalue weighted by molar-refractivity contribution is 0.340. The van der Waals surface area contributed by atoms with E-state index in [0.717, 1.165) is 28.8 Å². The molecule has 5 heteroatoms. The van der Waals surface area contributed by atoms with Gasteiger partial charge in [0.1, 0.15) is 28.2 Å². The van der Waals surface area contributed by atoms with Gasteiger partial charge in [-0.1, -0.05) is 13.0 Å². The third-order valence-electron chi connectivity index (χ3n) is 3.33. The highest BCUT2D eigenvalue weighted by atomic mass is 16.5. The van der Waals surface area contributed by atoms with Crippen molar-refractivity contribution in [1.82, 2.24) is 15.0 Å². The molecular formula is C16H17N3O2. The summed E-state index contributed by atoms with van der Waals surface area (Å²) in [7, 11) is 0. The molecule has 1 heterocycles. The normalized spacial score (nSPS) is 11.0. The van der Waals surface area contributed by atoms with Gasteiger partial charge in [-0.15, -0.1) is 15.0 Å². The summed E-state index contributed by atoms with van der Waals surface area (Å²) in [5.74, 6) is 0.947. The van der Waals surface area contributed by atoms with Crippen molar-refractivity contribution in [2.75, 3.05) is 6.61 Å². The molecule has 0 amide bonds. The zero-order chi connectivity index (χ0) is 14.8. The van der Waals surface area contributed by atoms with Crippen molar-refractivity contribution in [1.29, 1.82) is 0 Å². The number of phenols is 1. The molecule has 0 bridgehead atoms. The summed E-state index contributed by atoms with van der Waals surface area (Å²) in [6, 6.07) is 11.1. The Morgan fingerprint density at radius 3 is 2.57 bits per heavy atom. The summed E-state index contributed by atoms with van der Waals surface area (Å²) in [6.45, 7) is 4.59. The van der Waals surface area contributed by atoms with Crippen LogP contribution in [0.2, 0.25) is 0 Å².